The third-order valence-electron chi connectivity index (χ3n) is 5.80. The van der Waals surface area contributed by atoms with Crippen molar-refractivity contribution in [2.45, 2.75) is 38.6 Å². The molecule has 1 aromatic carbocycles. The van der Waals surface area contributed by atoms with Crippen LogP contribution in [0.15, 0.2) is 36.8 Å². The molecule has 1 aliphatic rings. The second-order valence-corrected chi connectivity index (χ2v) is 8.94. The maximum Gasteiger partial charge on any atom is 0.326 e. The first-order valence-corrected chi connectivity index (χ1v) is 10.7. The molecule has 0 radical (unpaired) electrons. The quantitative estimate of drug-likeness (QED) is 0.457. The molecule has 0 spiro atoms. The number of nitrogens with zero attached hydrogens (tertiary/aromatic N) is 2. The monoisotopic (exact) mass is 406 g/mol. The Labute approximate surface area is 172 Å². The molecule has 7 heteroatoms. The second-order valence-electron chi connectivity index (χ2n) is 7.85. The van der Waals surface area contributed by atoms with E-state index in [1.165, 1.54) is 16.8 Å². The molecule has 0 saturated carbocycles. The van der Waals surface area contributed by atoms with E-state index < -0.39 is 12.0 Å². The third kappa shape index (κ3) is 3.25. The molecule has 0 amide bonds. The average molecular weight is 407 g/mol. The molecule has 2 unspecified atom stereocenters. The highest BCUT2D eigenvalue weighted by molar-refractivity contribution is 7.19. The predicted octanol–water partition coefficient (Wildman–Crippen LogP) is 4.41. The molecule has 0 aliphatic heterocycles. The number of fused-ring (bicyclic) bond motifs is 4. The number of carboxylic acids is 1. The van der Waals surface area contributed by atoms with E-state index in [0.717, 1.165) is 45.9 Å². The largest absolute Gasteiger partial charge is 0.480 e. The van der Waals surface area contributed by atoms with Crippen molar-refractivity contribution in [3.63, 3.8) is 0 Å². The summed E-state index contributed by atoms with van der Waals surface area (Å²) in [7, 11) is 0. The van der Waals surface area contributed by atoms with Gasteiger partial charge in [-0.2, -0.15) is 0 Å². The summed E-state index contributed by atoms with van der Waals surface area (Å²) in [6.45, 7) is 2.28. The molecule has 5 rings (SSSR count). The number of aromatic amines is 1. The zero-order valence-corrected chi connectivity index (χ0v) is 16.9. The highest BCUT2D eigenvalue weighted by Gasteiger charge is 2.26. The number of carbonyl (C=O) groups is 1. The summed E-state index contributed by atoms with van der Waals surface area (Å²) in [5.41, 5.74) is 3.28. The van der Waals surface area contributed by atoms with Crippen LogP contribution in [0, 0.1) is 5.92 Å². The summed E-state index contributed by atoms with van der Waals surface area (Å²) in [5.74, 6) is 0.419. The Kier molecular flexibility index (Phi) is 4.47. The van der Waals surface area contributed by atoms with E-state index in [-0.39, 0.29) is 0 Å². The lowest BCUT2D eigenvalue weighted by molar-refractivity contribution is -0.137. The molecular weight excluding hydrogens is 384 g/mol. The number of hydrogen-bond acceptors (Lipinski definition) is 5. The molecule has 3 N–H and O–H groups in total. The predicted molar refractivity (Wildman–Crippen MR) is 116 cm³/mol. The van der Waals surface area contributed by atoms with Gasteiger partial charge in [0.1, 0.15) is 23.0 Å². The standard InChI is InChI=1S/C22H22N4O2S/c1-12-6-7-15-18(8-12)29-21-19(15)20(24-11-25-21)26-17(22(27)28)9-13-10-23-16-5-3-2-4-14(13)16/h2-5,10-12,17,23H,6-9H2,1H3,(H,27,28)(H,24,25,26). The van der Waals surface area contributed by atoms with Crippen molar-refractivity contribution in [3.05, 3.63) is 52.8 Å². The summed E-state index contributed by atoms with van der Waals surface area (Å²) < 4.78 is 0. The fourth-order valence-corrected chi connectivity index (χ4v) is 5.62. The number of aliphatic carboxylic acids is 1. The van der Waals surface area contributed by atoms with Crippen LogP contribution in [0.1, 0.15) is 29.3 Å². The lowest BCUT2D eigenvalue weighted by atomic mass is 9.89. The number of para-hydroxylation sites is 1. The Hall–Kier alpha value is -2.93. The van der Waals surface area contributed by atoms with E-state index in [1.54, 1.807) is 11.3 Å². The molecule has 1 aliphatic carbocycles. The van der Waals surface area contributed by atoms with Crippen LogP contribution in [-0.2, 0) is 24.1 Å². The number of thiophene rings is 1. The first kappa shape index (κ1) is 18.1. The zero-order valence-electron chi connectivity index (χ0n) is 16.1. The third-order valence-corrected chi connectivity index (χ3v) is 6.96. The fraction of sp³-hybridized carbons (Fsp3) is 0.318. The molecule has 29 heavy (non-hydrogen) atoms. The first-order chi connectivity index (χ1) is 14.1. The smallest absolute Gasteiger partial charge is 0.326 e. The summed E-state index contributed by atoms with van der Waals surface area (Å²) in [5, 5.41) is 15.2. The van der Waals surface area contributed by atoms with E-state index in [4.69, 9.17) is 0 Å². The van der Waals surface area contributed by atoms with E-state index in [9.17, 15) is 9.90 Å². The highest BCUT2D eigenvalue weighted by Crippen LogP contribution is 2.39. The fourth-order valence-electron chi connectivity index (χ4n) is 4.27. The molecule has 0 bridgehead atoms. The van der Waals surface area contributed by atoms with E-state index >= 15 is 0 Å². The van der Waals surface area contributed by atoms with Gasteiger partial charge in [0.25, 0.3) is 0 Å². The first-order valence-electron chi connectivity index (χ1n) is 9.89. The van der Waals surface area contributed by atoms with Gasteiger partial charge in [-0.1, -0.05) is 25.1 Å². The van der Waals surface area contributed by atoms with E-state index in [0.29, 0.717) is 18.2 Å². The zero-order chi connectivity index (χ0) is 20.0. The van der Waals surface area contributed by atoms with Gasteiger partial charge in [-0.3, -0.25) is 0 Å². The van der Waals surface area contributed by atoms with Crippen LogP contribution in [0.3, 0.4) is 0 Å². The molecule has 3 heterocycles. The van der Waals surface area contributed by atoms with Crippen LogP contribution in [-0.4, -0.2) is 32.1 Å². The number of anilines is 1. The minimum absolute atomic E-state index is 0.369. The molecule has 6 nitrogen and oxygen atoms in total. The van der Waals surface area contributed by atoms with Crippen LogP contribution in [0.5, 0.6) is 0 Å². The van der Waals surface area contributed by atoms with Crippen molar-refractivity contribution in [2.75, 3.05) is 5.32 Å². The maximum absolute atomic E-state index is 12.1. The maximum atomic E-state index is 12.1. The van der Waals surface area contributed by atoms with Crippen LogP contribution in [0.2, 0.25) is 0 Å². The number of benzene rings is 1. The minimum atomic E-state index is -0.889. The van der Waals surface area contributed by atoms with Gasteiger partial charge in [0.15, 0.2) is 0 Å². The SMILES string of the molecule is CC1CCc2c(sc3ncnc(NC(Cc4c[nH]c5ccccc45)C(=O)O)c23)C1. The van der Waals surface area contributed by atoms with Gasteiger partial charge in [-0.05, 0) is 42.4 Å². The average Bonchev–Trinajstić information content (AvgIpc) is 3.28. The van der Waals surface area contributed by atoms with E-state index in [2.05, 4.69) is 27.2 Å². The molecule has 148 valence electrons. The Morgan fingerprint density at radius 1 is 1.38 bits per heavy atom. The highest BCUT2D eigenvalue weighted by atomic mass is 32.1. The van der Waals surface area contributed by atoms with E-state index in [1.807, 2.05) is 30.5 Å². The van der Waals surface area contributed by atoms with Crippen molar-refractivity contribution < 1.29 is 9.90 Å². The molecule has 4 aromatic rings. The normalized spacial score (nSPS) is 17.3. The van der Waals surface area contributed by atoms with Crippen molar-refractivity contribution in [2.24, 2.45) is 5.92 Å². The van der Waals surface area contributed by atoms with Crippen LogP contribution in [0.25, 0.3) is 21.1 Å². The van der Waals surface area contributed by atoms with Crippen molar-refractivity contribution in [1.29, 1.82) is 0 Å². The number of aryl methyl sites for hydroxylation is 1. The minimum Gasteiger partial charge on any atom is -0.480 e. The van der Waals surface area contributed by atoms with Gasteiger partial charge < -0.3 is 15.4 Å². The summed E-state index contributed by atoms with van der Waals surface area (Å²) >= 11 is 1.72. The molecule has 2 atom stereocenters. The summed E-state index contributed by atoms with van der Waals surface area (Å²) in [4.78, 5) is 26.5. The number of rotatable bonds is 5. The Morgan fingerprint density at radius 3 is 3.10 bits per heavy atom. The molecule has 0 saturated heterocycles. The van der Waals surface area contributed by atoms with Gasteiger partial charge in [-0.25, -0.2) is 14.8 Å². The number of aromatic nitrogens is 3. The number of hydrogen-bond donors (Lipinski definition) is 3. The number of carboxylic acid groups (broad SMARTS) is 1. The molecular formula is C22H22N4O2S. The van der Waals surface area contributed by atoms with Crippen LogP contribution < -0.4 is 5.32 Å². The van der Waals surface area contributed by atoms with Gasteiger partial charge in [0.05, 0.1) is 5.39 Å². The number of nitrogens with one attached hydrogen (secondary N) is 2. The Bertz CT molecular complexity index is 1210. The number of H-pyrrole nitrogens is 1. The van der Waals surface area contributed by atoms with Gasteiger partial charge in [-0.15, -0.1) is 11.3 Å². The molecule has 0 fully saturated rings. The van der Waals surface area contributed by atoms with Crippen molar-refractivity contribution in [1.82, 2.24) is 15.0 Å². The van der Waals surface area contributed by atoms with Crippen LogP contribution in [0.4, 0.5) is 5.82 Å². The van der Waals surface area contributed by atoms with Gasteiger partial charge in [0, 0.05) is 28.4 Å². The van der Waals surface area contributed by atoms with Crippen molar-refractivity contribution in [3.8, 4) is 0 Å². The van der Waals surface area contributed by atoms with Crippen molar-refractivity contribution >= 4 is 44.2 Å². The van der Waals surface area contributed by atoms with Gasteiger partial charge in [0.2, 0.25) is 0 Å². The molecule has 3 aromatic heterocycles. The second kappa shape index (κ2) is 7.15. The Balaban J connectivity index is 1.50. The van der Waals surface area contributed by atoms with Crippen LogP contribution >= 0.6 is 11.3 Å². The van der Waals surface area contributed by atoms with Gasteiger partial charge >= 0.3 is 5.97 Å². The Morgan fingerprint density at radius 2 is 2.24 bits per heavy atom. The lowest BCUT2D eigenvalue weighted by Crippen LogP contribution is -2.32. The summed E-state index contributed by atoms with van der Waals surface area (Å²) in [6.07, 6.45) is 7.00. The lowest BCUT2D eigenvalue weighted by Gasteiger charge is -2.19. The topological polar surface area (TPSA) is 90.9 Å². The summed E-state index contributed by atoms with van der Waals surface area (Å²) in [6, 6.07) is 7.17.